The second-order valence-corrected chi connectivity index (χ2v) is 13.4. The monoisotopic (exact) mass is 664 g/mol. The number of aryl methyl sites for hydroxylation is 1. The van der Waals surface area contributed by atoms with Crippen LogP contribution in [0.1, 0.15) is 63.6 Å². The number of carbonyl (C=O) groups excluding carboxylic acids is 2. The van der Waals surface area contributed by atoms with E-state index < -0.39 is 11.9 Å². The lowest BCUT2D eigenvalue weighted by Gasteiger charge is -2.14. The van der Waals surface area contributed by atoms with Gasteiger partial charge in [-0.1, -0.05) is 32.0 Å². The first-order chi connectivity index (χ1) is 22.6. The molecular formula is C34H48N8O4S. The van der Waals surface area contributed by atoms with Gasteiger partial charge in [0.1, 0.15) is 5.82 Å². The van der Waals surface area contributed by atoms with E-state index in [4.69, 9.17) is 16.5 Å². The summed E-state index contributed by atoms with van der Waals surface area (Å²) in [7, 11) is 1.71. The highest BCUT2D eigenvalue weighted by molar-refractivity contribution is 7.99. The number of fused-ring (bicyclic) bond motifs is 2. The van der Waals surface area contributed by atoms with Crippen molar-refractivity contribution in [3.63, 3.8) is 0 Å². The molecule has 0 aliphatic carbocycles. The molecule has 4 aromatic rings. The van der Waals surface area contributed by atoms with Crippen molar-refractivity contribution < 1.29 is 14.7 Å². The van der Waals surface area contributed by atoms with Crippen molar-refractivity contribution >= 4 is 51.1 Å². The number of para-hydroxylation sites is 1. The molecule has 3 heterocycles. The molecule has 3 aromatic heterocycles. The van der Waals surface area contributed by atoms with E-state index in [2.05, 4.69) is 52.5 Å². The number of hydrogen-bond donors (Lipinski definition) is 5. The fourth-order valence-corrected chi connectivity index (χ4v) is 6.61. The van der Waals surface area contributed by atoms with Gasteiger partial charge in [-0.15, -0.1) is 11.8 Å². The predicted molar refractivity (Wildman–Crippen MR) is 189 cm³/mol. The number of amides is 2. The number of nitrogens with one attached hydrogen (secondary N) is 2. The minimum atomic E-state index is -0.735. The molecule has 0 unspecified atom stereocenters. The van der Waals surface area contributed by atoms with Crippen LogP contribution in [0.3, 0.4) is 0 Å². The molecule has 12 nitrogen and oxygen atoms in total. The maximum Gasteiger partial charge on any atom is 0.277 e. The first-order valence-electron chi connectivity index (χ1n) is 16.4. The van der Waals surface area contributed by atoms with Crippen LogP contribution in [0, 0.1) is 5.92 Å². The van der Waals surface area contributed by atoms with Gasteiger partial charge in [-0.3, -0.25) is 14.4 Å². The molecule has 0 fully saturated rings. The molecule has 254 valence electrons. The number of unbranched alkanes of at least 4 members (excludes halogenated alkanes) is 2. The van der Waals surface area contributed by atoms with E-state index in [-0.39, 0.29) is 30.9 Å². The zero-order valence-electron chi connectivity index (χ0n) is 27.6. The lowest BCUT2D eigenvalue weighted by Crippen LogP contribution is -2.41. The molecule has 2 amide bonds. The Bertz CT molecular complexity index is 1730. The molecule has 0 bridgehead atoms. The van der Waals surface area contributed by atoms with Crippen LogP contribution in [0.15, 0.2) is 46.3 Å². The van der Waals surface area contributed by atoms with Crippen LogP contribution in [-0.4, -0.2) is 67.7 Å². The fraction of sp³-hybridized carbons (Fsp3) is 0.500. The molecule has 0 saturated heterocycles. The third kappa shape index (κ3) is 9.78. The van der Waals surface area contributed by atoms with E-state index in [1.165, 1.54) is 4.68 Å². The highest BCUT2D eigenvalue weighted by atomic mass is 32.2. The summed E-state index contributed by atoms with van der Waals surface area (Å²) in [4.78, 5) is 41.3. The summed E-state index contributed by atoms with van der Waals surface area (Å²) in [5.74, 6) is 1.11. The number of benzene rings is 1. The maximum absolute atomic E-state index is 13.4. The summed E-state index contributed by atoms with van der Waals surface area (Å²) in [6.45, 7) is 6.16. The summed E-state index contributed by atoms with van der Waals surface area (Å²) in [6, 6.07) is 9.40. The quantitative estimate of drug-likeness (QED) is 0.0742. The summed E-state index contributed by atoms with van der Waals surface area (Å²) < 4.78 is 3.60. The smallest absolute Gasteiger partial charge is 0.277 e. The van der Waals surface area contributed by atoms with E-state index in [9.17, 15) is 19.5 Å². The Kier molecular flexibility index (Phi) is 13.2. The second kappa shape index (κ2) is 17.3. The number of anilines is 1. The molecule has 1 atom stereocenters. The molecule has 7 N–H and O–H groups in total. The number of aromatic nitrogens is 4. The van der Waals surface area contributed by atoms with Crippen molar-refractivity contribution in [3.8, 4) is 0 Å². The van der Waals surface area contributed by atoms with Crippen molar-refractivity contribution in [2.24, 2.45) is 24.4 Å². The Hall–Kier alpha value is -3.94. The SMILES string of the molecule is CC(C)Cc1nn(C)c(=O)c2c(SCCCO)n(Cc3cc(NCCCCCNC(=O)[C@H](N)CCC(N)=O)nc4ccccc34)cc12. The number of primary amides is 1. The molecule has 0 aliphatic rings. The number of nitrogens with two attached hydrogens (primary N) is 2. The zero-order chi connectivity index (χ0) is 33.9. The van der Waals surface area contributed by atoms with Gasteiger partial charge in [-0.05, 0) is 62.1 Å². The molecule has 0 radical (unpaired) electrons. The molecular weight excluding hydrogens is 616 g/mol. The number of aliphatic hydroxyl groups is 1. The van der Waals surface area contributed by atoms with Crippen LogP contribution in [0.25, 0.3) is 21.7 Å². The number of hydrogen-bond acceptors (Lipinski definition) is 9. The van der Waals surface area contributed by atoms with Gasteiger partial charge in [-0.25, -0.2) is 9.67 Å². The van der Waals surface area contributed by atoms with Gasteiger partial charge in [0, 0.05) is 62.4 Å². The molecule has 47 heavy (non-hydrogen) atoms. The minimum absolute atomic E-state index is 0.0916. The lowest BCUT2D eigenvalue weighted by atomic mass is 10.1. The normalized spacial score (nSPS) is 12.2. The van der Waals surface area contributed by atoms with Crippen LogP contribution >= 0.6 is 11.8 Å². The average molecular weight is 665 g/mol. The van der Waals surface area contributed by atoms with Gasteiger partial charge in [-0.2, -0.15) is 5.10 Å². The van der Waals surface area contributed by atoms with E-state index in [1.807, 2.05) is 18.2 Å². The van der Waals surface area contributed by atoms with Crippen molar-refractivity contribution in [1.29, 1.82) is 0 Å². The van der Waals surface area contributed by atoms with Crippen LogP contribution < -0.4 is 27.7 Å². The fourth-order valence-electron chi connectivity index (χ4n) is 5.52. The van der Waals surface area contributed by atoms with Gasteiger partial charge >= 0.3 is 0 Å². The van der Waals surface area contributed by atoms with Gasteiger partial charge in [0.15, 0.2) is 0 Å². The summed E-state index contributed by atoms with van der Waals surface area (Å²) in [5.41, 5.74) is 13.7. The number of thioether (sulfide) groups is 1. The number of aliphatic hydroxyl groups excluding tert-OH is 1. The first-order valence-corrected chi connectivity index (χ1v) is 17.3. The van der Waals surface area contributed by atoms with Crippen molar-refractivity contribution in [2.75, 3.05) is 30.8 Å². The zero-order valence-corrected chi connectivity index (χ0v) is 28.4. The molecule has 0 aliphatic heterocycles. The topological polar surface area (TPSA) is 183 Å². The van der Waals surface area contributed by atoms with Crippen molar-refractivity contribution in [2.45, 2.75) is 76.4 Å². The van der Waals surface area contributed by atoms with Crippen molar-refractivity contribution in [3.05, 3.63) is 58.1 Å². The lowest BCUT2D eigenvalue weighted by molar-refractivity contribution is -0.122. The Morgan fingerprint density at radius 1 is 1.09 bits per heavy atom. The Morgan fingerprint density at radius 2 is 1.85 bits per heavy atom. The predicted octanol–water partition coefficient (Wildman–Crippen LogP) is 3.30. The van der Waals surface area contributed by atoms with Gasteiger partial charge < -0.3 is 31.8 Å². The van der Waals surface area contributed by atoms with Crippen LogP contribution in [0.2, 0.25) is 0 Å². The summed E-state index contributed by atoms with van der Waals surface area (Å²) in [5, 5.41) is 23.9. The van der Waals surface area contributed by atoms with E-state index >= 15 is 0 Å². The molecule has 0 spiro atoms. The highest BCUT2D eigenvalue weighted by Gasteiger charge is 2.20. The van der Waals surface area contributed by atoms with Crippen LogP contribution in [0.4, 0.5) is 5.82 Å². The van der Waals surface area contributed by atoms with Gasteiger partial charge in [0.25, 0.3) is 5.56 Å². The van der Waals surface area contributed by atoms with Crippen LogP contribution in [0.5, 0.6) is 0 Å². The van der Waals surface area contributed by atoms with E-state index in [0.717, 1.165) is 64.1 Å². The summed E-state index contributed by atoms with van der Waals surface area (Å²) in [6.07, 6.45) is 6.38. The largest absolute Gasteiger partial charge is 0.396 e. The average Bonchev–Trinajstić information content (AvgIpc) is 3.39. The van der Waals surface area contributed by atoms with E-state index in [1.54, 1.807) is 18.8 Å². The third-order valence-corrected chi connectivity index (χ3v) is 9.11. The maximum atomic E-state index is 13.4. The second-order valence-electron chi connectivity index (χ2n) is 12.3. The first kappa shape index (κ1) is 35.9. The third-order valence-electron chi connectivity index (χ3n) is 7.90. The summed E-state index contributed by atoms with van der Waals surface area (Å²) >= 11 is 1.60. The molecule has 4 rings (SSSR count). The van der Waals surface area contributed by atoms with Gasteiger partial charge in [0.05, 0.1) is 27.7 Å². The van der Waals surface area contributed by atoms with E-state index in [0.29, 0.717) is 43.1 Å². The molecule has 0 saturated carbocycles. The number of carbonyl (C=O) groups is 2. The Morgan fingerprint density at radius 3 is 2.60 bits per heavy atom. The van der Waals surface area contributed by atoms with Crippen LogP contribution in [-0.2, 0) is 29.6 Å². The Balaban J connectivity index is 1.49. The van der Waals surface area contributed by atoms with Gasteiger partial charge in [0.2, 0.25) is 11.8 Å². The molecule has 1 aromatic carbocycles. The van der Waals surface area contributed by atoms with Crippen molar-refractivity contribution in [1.82, 2.24) is 24.6 Å². The Labute approximate surface area is 279 Å². The molecule has 13 heteroatoms. The number of rotatable bonds is 19. The standard InChI is InChI=1S/C34H48N8O4S/c1-22(2)18-28-25-21-42(34(47-17-9-16-43)31(25)33(46)41(3)40-28)20-23-19-30(39-27-11-6-5-10-24(23)27)37-14-7-4-8-15-38-32(45)26(35)12-13-29(36)44/h5-6,10-11,19,21-22,26,43H,4,7-9,12-18,20,35H2,1-3H3,(H2,36,44)(H,37,39)(H,38,45)/t26-/m1/s1. The number of pyridine rings is 1. The number of nitrogens with zero attached hydrogens (tertiary/aromatic N) is 4. The highest BCUT2D eigenvalue weighted by Crippen LogP contribution is 2.32. The minimum Gasteiger partial charge on any atom is -0.396 e.